The number of rotatable bonds is 5. The van der Waals surface area contributed by atoms with Crippen LogP contribution in [0.3, 0.4) is 0 Å². The molecule has 0 aromatic heterocycles. The van der Waals surface area contributed by atoms with Crippen molar-refractivity contribution in [2.75, 3.05) is 7.11 Å². The summed E-state index contributed by atoms with van der Waals surface area (Å²) in [5.41, 5.74) is 2.31. The Hall–Kier alpha value is -2.09. The van der Waals surface area contributed by atoms with Crippen molar-refractivity contribution < 1.29 is 9.53 Å². The number of ketones is 1. The van der Waals surface area contributed by atoms with E-state index in [1.807, 2.05) is 42.5 Å². The minimum atomic E-state index is 0.115. The van der Waals surface area contributed by atoms with Gasteiger partial charge >= 0.3 is 0 Å². The molecule has 0 fully saturated rings. The van der Waals surface area contributed by atoms with Crippen LogP contribution in [-0.2, 0) is 4.79 Å². The van der Waals surface area contributed by atoms with Crippen molar-refractivity contribution in [3.63, 3.8) is 0 Å². The summed E-state index contributed by atoms with van der Waals surface area (Å²) in [4.78, 5) is 11.5. The van der Waals surface area contributed by atoms with E-state index < -0.39 is 0 Å². The Bertz CT molecular complexity index is 529. The first-order valence-corrected chi connectivity index (χ1v) is 6.39. The molecule has 2 rings (SSSR count). The molecule has 2 nitrogen and oxygen atoms in total. The molecule has 0 aliphatic carbocycles. The van der Waals surface area contributed by atoms with Gasteiger partial charge in [-0.05, 0) is 30.2 Å². The Labute approximate surface area is 114 Å². The van der Waals surface area contributed by atoms with E-state index in [1.165, 1.54) is 5.56 Å². The molecule has 0 unspecified atom stereocenters. The molecule has 0 bridgehead atoms. The van der Waals surface area contributed by atoms with Gasteiger partial charge in [0.15, 0.2) is 0 Å². The van der Waals surface area contributed by atoms with E-state index in [4.69, 9.17) is 4.74 Å². The minimum Gasteiger partial charge on any atom is -0.497 e. The van der Waals surface area contributed by atoms with Crippen LogP contribution in [0.2, 0.25) is 0 Å². The van der Waals surface area contributed by atoms with Crippen LogP contribution >= 0.6 is 0 Å². The third kappa shape index (κ3) is 3.44. The van der Waals surface area contributed by atoms with Gasteiger partial charge in [-0.2, -0.15) is 0 Å². The van der Waals surface area contributed by atoms with Crippen molar-refractivity contribution in [1.29, 1.82) is 0 Å². The van der Waals surface area contributed by atoms with Gasteiger partial charge in [0.05, 0.1) is 7.11 Å². The molecule has 2 heteroatoms. The highest BCUT2D eigenvalue weighted by molar-refractivity contribution is 5.77. The van der Waals surface area contributed by atoms with Gasteiger partial charge in [-0.15, -0.1) is 0 Å². The fourth-order valence-corrected chi connectivity index (χ4v) is 2.24. The van der Waals surface area contributed by atoms with Crippen molar-refractivity contribution >= 4 is 5.78 Å². The van der Waals surface area contributed by atoms with Gasteiger partial charge in [0.25, 0.3) is 0 Å². The second kappa shape index (κ2) is 6.19. The van der Waals surface area contributed by atoms with Crippen LogP contribution in [0.1, 0.15) is 30.4 Å². The maximum absolute atomic E-state index is 11.5. The Morgan fingerprint density at radius 2 is 1.58 bits per heavy atom. The predicted molar refractivity (Wildman–Crippen MR) is 76.6 cm³/mol. The Kier molecular flexibility index (Phi) is 4.35. The molecule has 2 aromatic rings. The molecule has 0 saturated heterocycles. The van der Waals surface area contributed by atoms with Crippen LogP contribution < -0.4 is 4.74 Å². The third-order valence-corrected chi connectivity index (χ3v) is 3.21. The van der Waals surface area contributed by atoms with E-state index in [0.717, 1.165) is 11.3 Å². The first-order valence-electron chi connectivity index (χ1n) is 6.39. The van der Waals surface area contributed by atoms with Crippen molar-refractivity contribution in [1.82, 2.24) is 0 Å². The summed E-state index contributed by atoms with van der Waals surface area (Å²) >= 11 is 0. The van der Waals surface area contributed by atoms with Crippen molar-refractivity contribution in [3.8, 4) is 5.75 Å². The molecule has 1 atom stereocenters. The van der Waals surface area contributed by atoms with Crippen LogP contribution in [0.4, 0.5) is 0 Å². The number of methoxy groups -OCH3 is 1. The van der Waals surface area contributed by atoms with Crippen LogP contribution in [0.25, 0.3) is 0 Å². The zero-order valence-electron chi connectivity index (χ0n) is 11.3. The zero-order valence-corrected chi connectivity index (χ0v) is 11.3. The van der Waals surface area contributed by atoms with E-state index in [0.29, 0.717) is 6.42 Å². The average Bonchev–Trinajstić information content (AvgIpc) is 2.46. The Morgan fingerprint density at radius 1 is 1.00 bits per heavy atom. The molecular weight excluding hydrogens is 236 g/mol. The molecular formula is C17H18O2. The standard InChI is InChI=1S/C17H18O2/c1-13(18)12-17(14-6-4-3-5-7-14)15-8-10-16(19-2)11-9-15/h3-11,17H,12H2,1-2H3/t17-/m0/s1. The first kappa shape index (κ1) is 13.3. The number of carbonyl (C=O) groups is 1. The van der Waals surface area contributed by atoms with E-state index in [-0.39, 0.29) is 11.7 Å². The van der Waals surface area contributed by atoms with Crippen LogP contribution in [0.5, 0.6) is 5.75 Å². The molecule has 0 aliphatic rings. The Morgan fingerprint density at radius 3 is 2.11 bits per heavy atom. The second-order valence-corrected chi connectivity index (χ2v) is 4.64. The summed E-state index contributed by atoms with van der Waals surface area (Å²) in [5, 5.41) is 0. The van der Waals surface area contributed by atoms with Gasteiger partial charge < -0.3 is 4.74 Å². The normalized spacial score (nSPS) is 11.9. The topological polar surface area (TPSA) is 26.3 Å². The molecule has 98 valence electrons. The Balaban J connectivity index is 2.34. The molecule has 0 amide bonds. The SMILES string of the molecule is COc1ccc([C@@H](CC(C)=O)c2ccccc2)cc1. The van der Waals surface area contributed by atoms with Crippen LogP contribution in [0.15, 0.2) is 54.6 Å². The van der Waals surface area contributed by atoms with Crippen molar-refractivity contribution in [2.24, 2.45) is 0 Å². The van der Waals surface area contributed by atoms with Gasteiger partial charge in [0.1, 0.15) is 11.5 Å². The highest BCUT2D eigenvalue weighted by Crippen LogP contribution is 2.29. The van der Waals surface area contributed by atoms with Gasteiger partial charge in [0, 0.05) is 12.3 Å². The summed E-state index contributed by atoms with van der Waals surface area (Å²) in [5.74, 6) is 1.15. The van der Waals surface area contributed by atoms with Crippen LogP contribution in [0, 0.1) is 0 Å². The maximum Gasteiger partial charge on any atom is 0.130 e. The average molecular weight is 254 g/mol. The number of carbonyl (C=O) groups excluding carboxylic acids is 1. The lowest BCUT2D eigenvalue weighted by molar-refractivity contribution is -0.117. The summed E-state index contributed by atoms with van der Waals surface area (Å²) < 4.78 is 5.17. The highest BCUT2D eigenvalue weighted by atomic mass is 16.5. The van der Waals surface area contributed by atoms with E-state index in [2.05, 4.69) is 12.1 Å². The third-order valence-electron chi connectivity index (χ3n) is 3.21. The summed E-state index contributed by atoms with van der Waals surface area (Å²) in [6.45, 7) is 1.64. The molecule has 0 spiro atoms. The fourth-order valence-electron chi connectivity index (χ4n) is 2.24. The van der Waals surface area contributed by atoms with Gasteiger partial charge in [-0.25, -0.2) is 0 Å². The minimum absolute atomic E-state index is 0.115. The van der Waals surface area contributed by atoms with Crippen LogP contribution in [-0.4, -0.2) is 12.9 Å². The van der Waals surface area contributed by atoms with E-state index in [9.17, 15) is 4.79 Å². The predicted octanol–water partition coefficient (Wildman–Crippen LogP) is 3.81. The summed E-state index contributed by atoms with van der Waals surface area (Å²) in [6, 6.07) is 18.1. The molecule has 0 N–H and O–H groups in total. The maximum atomic E-state index is 11.5. The van der Waals surface area contributed by atoms with Crippen molar-refractivity contribution in [2.45, 2.75) is 19.3 Å². The van der Waals surface area contributed by atoms with Gasteiger partial charge in [0.2, 0.25) is 0 Å². The smallest absolute Gasteiger partial charge is 0.130 e. The van der Waals surface area contributed by atoms with Crippen molar-refractivity contribution in [3.05, 3.63) is 65.7 Å². The number of hydrogen-bond donors (Lipinski definition) is 0. The zero-order chi connectivity index (χ0) is 13.7. The summed E-state index contributed by atoms with van der Waals surface area (Å²) in [6.07, 6.45) is 0.524. The van der Waals surface area contributed by atoms with Gasteiger partial charge in [-0.1, -0.05) is 42.5 Å². The highest BCUT2D eigenvalue weighted by Gasteiger charge is 2.16. The second-order valence-electron chi connectivity index (χ2n) is 4.64. The molecule has 0 radical (unpaired) electrons. The number of hydrogen-bond acceptors (Lipinski definition) is 2. The number of Topliss-reactive ketones (excluding diaryl/α,β-unsaturated/α-hetero) is 1. The van der Waals surface area contributed by atoms with Gasteiger partial charge in [-0.3, -0.25) is 4.79 Å². The molecule has 0 heterocycles. The number of ether oxygens (including phenoxy) is 1. The lowest BCUT2D eigenvalue weighted by atomic mass is 9.87. The first-order chi connectivity index (χ1) is 9.20. The quantitative estimate of drug-likeness (QED) is 0.811. The van der Waals surface area contributed by atoms with E-state index >= 15 is 0 Å². The fraction of sp³-hybridized carbons (Fsp3) is 0.235. The molecule has 19 heavy (non-hydrogen) atoms. The lowest BCUT2D eigenvalue weighted by Gasteiger charge is -2.17. The lowest BCUT2D eigenvalue weighted by Crippen LogP contribution is -2.06. The largest absolute Gasteiger partial charge is 0.497 e. The molecule has 2 aromatic carbocycles. The molecule has 0 saturated carbocycles. The molecule has 0 aliphatic heterocycles. The number of benzene rings is 2. The summed E-state index contributed by atoms with van der Waals surface area (Å²) in [7, 11) is 1.65. The van der Waals surface area contributed by atoms with E-state index in [1.54, 1.807) is 14.0 Å². The monoisotopic (exact) mass is 254 g/mol.